The van der Waals surface area contributed by atoms with Gasteiger partial charge in [0, 0.05) is 36.6 Å². The molecule has 1 aromatic carbocycles. The SMILES string of the molecule is C#CCCN1CCC(O)(c2ccccc2Cl)CC1. The summed E-state index contributed by atoms with van der Waals surface area (Å²) in [7, 11) is 0. The summed E-state index contributed by atoms with van der Waals surface area (Å²) >= 11 is 6.17. The molecule has 0 aliphatic carbocycles. The Balaban J connectivity index is 2.04. The highest BCUT2D eigenvalue weighted by atomic mass is 35.5. The molecule has 0 unspecified atom stereocenters. The maximum Gasteiger partial charge on any atom is 0.0935 e. The first kappa shape index (κ1) is 13.4. The Bertz CT molecular complexity index is 444. The van der Waals surface area contributed by atoms with Crippen LogP contribution in [-0.2, 0) is 5.60 Å². The number of hydrogen-bond acceptors (Lipinski definition) is 2. The molecule has 1 aliphatic rings. The van der Waals surface area contributed by atoms with Gasteiger partial charge in [0.1, 0.15) is 0 Å². The summed E-state index contributed by atoms with van der Waals surface area (Å²) in [5.41, 5.74) is 0.0635. The summed E-state index contributed by atoms with van der Waals surface area (Å²) in [4.78, 5) is 2.30. The molecule has 2 nitrogen and oxygen atoms in total. The van der Waals surface area contributed by atoms with Crippen LogP contribution in [-0.4, -0.2) is 29.6 Å². The molecule has 96 valence electrons. The lowest BCUT2D eigenvalue weighted by Crippen LogP contribution is -2.42. The fraction of sp³-hybridized carbons (Fsp3) is 0.467. The van der Waals surface area contributed by atoms with Crippen molar-refractivity contribution in [3.63, 3.8) is 0 Å². The van der Waals surface area contributed by atoms with Crippen LogP contribution < -0.4 is 0 Å². The van der Waals surface area contributed by atoms with Crippen molar-refractivity contribution >= 4 is 11.6 Å². The molecular formula is C15H18ClNO. The van der Waals surface area contributed by atoms with E-state index in [0.717, 1.165) is 31.6 Å². The Morgan fingerprint density at radius 1 is 1.33 bits per heavy atom. The van der Waals surface area contributed by atoms with E-state index in [0.29, 0.717) is 17.9 Å². The normalized spacial score (nSPS) is 19.4. The summed E-state index contributed by atoms with van der Waals surface area (Å²) in [6.45, 7) is 2.64. The van der Waals surface area contributed by atoms with Crippen LogP contribution in [0.25, 0.3) is 0 Å². The van der Waals surface area contributed by atoms with E-state index in [4.69, 9.17) is 18.0 Å². The van der Waals surface area contributed by atoms with Crippen molar-refractivity contribution in [1.82, 2.24) is 4.90 Å². The standard InChI is InChI=1S/C15H18ClNO/c1-2-3-10-17-11-8-15(18,9-12-17)13-6-4-5-7-14(13)16/h1,4-7,18H,3,8-12H2. The van der Waals surface area contributed by atoms with Gasteiger partial charge in [0.2, 0.25) is 0 Å². The third kappa shape index (κ3) is 2.87. The lowest BCUT2D eigenvalue weighted by Gasteiger charge is -2.38. The van der Waals surface area contributed by atoms with E-state index in [1.807, 2.05) is 24.3 Å². The fourth-order valence-corrected chi connectivity index (χ4v) is 2.79. The third-order valence-electron chi connectivity index (χ3n) is 3.63. The molecule has 0 spiro atoms. The van der Waals surface area contributed by atoms with Crippen molar-refractivity contribution in [2.45, 2.75) is 24.9 Å². The Morgan fingerprint density at radius 3 is 2.61 bits per heavy atom. The van der Waals surface area contributed by atoms with Crippen molar-refractivity contribution in [3.05, 3.63) is 34.9 Å². The molecule has 0 aromatic heterocycles. The topological polar surface area (TPSA) is 23.5 Å². The summed E-state index contributed by atoms with van der Waals surface area (Å²) in [6.07, 6.45) is 7.45. The number of likely N-dealkylation sites (tertiary alicyclic amines) is 1. The highest BCUT2D eigenvalue weighted by Crippen LogP contribution is 2.36. The third-order valence-corrected chi connectivity index (χ3v) is 3.96. The van der Waals surface area contributed by atoms with Crippen molar-refractivity contribution in [3.8, 4) is 12.3 Å². The van der Waals surface area contributed by atoms with Crippen LogP contribution in [0.5, 0.6) is 0 Å². The van der Waals surface area contributed by atoms with Crippen molar-refractivity contribution < 1.29 is 5.11 Å². The van der Waals surface area contributed by atoms with E-state index in [-0.39, 0.29) is 0 Å². The molecule has 1 N–H and O–H groups in total. The minimum Gasteiger partial charge on any atom is -0.385 e. The predicted molar refractivity (Wildman–Crippen MR) is 74.5 cm³/mol. The number of nitrogens with zero attached hydrogens (tertiary/aromatic N) is 1. The molecule has 0 radical (unpaired) electrons. The monoisotopic (exact) mass is 263 g/mol. The number of rotatable bonds is 3. The molecule has 1 aromatic rings. The van der Waals surface area contributed by atoms with Gasteiger partial charge in [-0.15, -0.1) is 12.3 Å². The molecule has 0 atom stereocenters. The summed E-state index contributed by atoms with van der Waals surface area (Å²) < 4.78 is 0. The van der Waals surface area contributed by atoms with Crippen molar-refractivity contribution in [1.29, 1.82) is 0 Å². The quantitative estimate of drug-likeness (QED) is 0.848. The zero-order valence-corrected chi connectivity index (χ0v) is 11.2. The highest BCUT2D eigenvalue weighted by molar-refractivity contribution is 6.31. The fourth-order valence-electron chi connectivity index (χ4n) is 2.48. The molecule has 0 saturated carbocycles. The van der Waals surface area contributed by atoms with E-state index < -0.39 is 5.60 Å². The van der Waals surface area contributed by atoms with Gasteiger partial charge in [0.25, 0.3) is 0 Å². The zero-order valence-electron chi connectivity index (χ0n) is 10.4. The predicted octanol–water partition coefficient (Wildman–Crippen LogP) is 2.65. The number of terminal acetylenes is 1. The first-order chi connectivity index (χ1) is 8.65. The van der Waals surface area contributed by atoms with Gasteiger partial charge < -0.3 is 10.0 Å². The van der Waals surface area contributed by atoms with E-state index >= 15 is 0 Å². The average Bonchev–Trinajstić information content (AvgIpc) is 2.39. The van der Waals surface area contributed by atoms with Crippen LogP contribution >= 0.6 is 11.6 Å². The number of halogens is 1. The van der Waals surface area contributed by atoms with Crippen LogP contribution in [0.1, 0.15) is 24.8 Å². The van der Waals surface area contributed by atoms with E-state index in [2.05, 4.69) is 10.8 Å². The van der Waals surface area contributed by atoms with Crippen LogP contribution in [0, 0.1) is 12.3 Å². The molecule has 1 saturated heterocycles. The Morgan fingerprint density at radius 2 is 2.00 bits per heavy atom. The van der Waals surface area contributed by atoms with Gasteiger partial charge in [0.15, 0.2) is 0 Å². The first-order valence-corrected chi connectivity index (χ1v) is 6.67. The van der Waals surface area contributed by atoms with Gasteiger partial charge in [-0.05, 0) is 18.9 Å². The van der Waals surface area contributed by atoms with Crippen molar-refractivity contribution in [2.75, 3.05) is 19.6 Å². The van der Waals surface area contributed by atoms with Gasteiger partial charge in [-0.1, -0.05) is 29.8 Å². The molecule has 0 bridgehead atoms. The highest BCUT2D eigenvalue weighted by Gasteiger charge is 2.35. The maximum absolute atomic E-state index is 10.7. The first-order valence-electron chi connectivity index (χ1n) is 6.29. The van der Waals surface area contributed by atoms with E-state index in [1.165, 1.54) is 0 Å². The molecule has 0 amide bonds. The van der Waals surface area contributed by atoms with Gasteiger partial charge in [-0.25, -0.2) is 0 Å². The van der Waals surface area contributed by atoms with Gasteiger partial charge >= 0.3 is 0 Å². The number of aliphatic hydroxyl groups is 1. The van der Waals surface area contributed by atoms with Gasteiger partial charge in [-0.2, -0.15) is 0 Å². The lowest BCUT2D eigenvalue weighted by molar-refractivity contribution is -0.0252. The Hall–Kier alpha value is -1.01. The Labute approximate surface area is 114 Å². The molecule has 2 rings (SSSR count). The summed E-state index contributed by atoms with van der Waals surface area (Å²) in [5.74, 6) is 2.65. The summed E-state index contributed by atoms with van der Waals surface area (Å²) in [5, 5.41) is 11.4. The van der Waals surface area contributed by atoms with Crippen molar-refractivity contribution in [2.24, 2.45) is 0 Å². The number of piperidine rings is 1. The molecule has 1 fully saturated rings. The van der Waals surface area contributed by atoms with Gasteiger partial charge in [0.05, 0.1) is 5.60 Å². The molecular weight excluding hydrogens is 246 g/mol. The van der Waals surface area contributed by atoms with Crippen LogP contribution in [0.2, 0.25) is 5.02 Å². The molecule has 1 aliphatic heterocycles. The second-order valence-corrected chi connectivity index (χ2v) is 5.21. The Kier molecular flexibility index (Phi) is 4.29. The number of benzene rings is 1. The van der Waals surface area contributed by atoms with E-state index in [9.17, 15) is 5.11 Å². The molecule has 18 heavy (non-hydrogen) atoms. The largest absolute Gasteiger partial charge is 0.385 e. The minimum atomic E-state index is -0.787. The smallest absolute Gasteiger partial charge is 0.0935 e. The average molecular weight is 264 g/mol. The number of hydrogen-bond donors (Lipinski definition) is 1. The molecule has 3 heteroatoms. The zero-order chi connectivity index (χ0) is 13.0. The summed E-state index contributed by atoms with van der Waals surface area (Å²) in [6, 6.07) is 7.56. The van der Waals surface area contributed by atoms with Crippen LogP contribution in [0.15, 0.2) is 24.3 Å². The maximum atomic E-state index is 10.7. The van der Waals surface area contributed by atoms with Gasteiger partial charge in [-0.3, -0.25) is 0 Å². The lowest BCUT2D eigenvalue weighted by atomic mass is 9.84. The van der Waals surface area contributed by atoms with Crippen LogP contribution in [0.3, 0.4) is 0 Å². The minimum absolute atomic E-state index is 0.650. The second-order valence-electron chi connectivity index (χ2n) is 4.81. The van der Waals surface area contributed by atoms with Crippen LogP contribution in [0.4, 0.5) is 0 Å². The second kappa shape index (κ2) is 5.75. The van der Waals surface area contributed by atoms with E-state index in [1.54, 1.807) is 0 Å². The molecule has 1 heterocycles.